The Bertz CT molecular complexity index is 1630. The third-order valence-corrected chi connectivity index (χ3v) is 7.11. The molecule has 218 valence electrons. The molecule has 0 bridgehead atoms. The molecule has 0 N–H and O–H groups in total. The zero-order chi connectivity index (χ0) is 30.1. The van der Waals surface area contributed by atoms with E-state index in [9.17, 15) is 19.7 Å². The van der Waals surface area contributed by atoms with Gasteiger partial charge in [-0.15, -0.1) is 0 Å². The van der Waals surface area contributed by atoms with E-state index in [2.05, 4.69) is 6.92 Å². The SMILES string of the molecule is CCCCCCN(C(=O)/C=C/c1ccc([N+](=O)[O-])cc1)C(C)c1nc2ccccc2c(=O)n1-c1ccccc1OCC. The van der Waals surface area contributed by atoms with Crippen molar-refractivity contribution in [1.29, 1.82) is 0 Å². The van der Waals surface area contributed by atoms with Gasteiger partial charge in [0, 0.05) is 24.8 Å². The molecule has 0 aliphatic heterocycles. The summed E-state index contributed by atoms with van der Waals surface area (Å²) in [6.07, 6.45) is 6.98. The minimum atomic E-state index is -0.562. The molecule has 4 rings (SSSR count). The number of carbonyl (C=O) groups excluding carboxylic acids is 1. The summed E-state index contributed by atoms with van der Waals surface area (Å²) in [5.41, 5.74) is 1.52. The van der Waals surface area contributed by atoms with Gasteiger partial charge in [0.1, 0.15) is 11.6 Å². The molecule has 1 amide bonds. The number of nitrogens with zero attached hydrogens (tertiary/aromatic N) is 4. The summed E-state index contributed by atoms with van der Waals surface area (Å²) in [4.78, 5) is 44.9. The summed E-state index contributed by atoms with van der Waals surface area (Å²) in [7, 11) is 0. The minimum Gasteiger partial charge on any atom is -0.492 e. The highest BCUT2D eigenvalue weighted by Crippen LogP contribution is 2.28. The fourth-order valence-electron chi connectivity index (χ4n) is 4.90. The predicted octanol–water partition coefficient (Wildman–Crippen LogP) is 6.88. The van der Waals surface area contributed by atoms with Crippen LogP contribution in [0.15, 0.2) is 83.7 Å². The van der Waals surface area contributed by atoms with E-state index in [1.807, 2.05) is 44.2 Å². The molecular formula is C33H36N4O5. The van der Waals surface area contributed by atoms with Crippen molar-refractivity contribution in [3.05, 3.63) is 111 Å². The van der Waals surface area contributed by atoms with Gasteiger partial charge in [-0.25, -0.2) is 4.98 Å². The van der Waals surface area contributed by atoms with Crippen molar-refractivity contribution < 1.29 is 14.5 Å². The van der Waals surface area contributed by atoms with Crippen molar-refractivity contribution in [2.24, 2.45) is 0 Å². The highest BCUT2D eigenvalue weighted by Gasteiger charge is 2.26. The van der Waals surface area contributed by atoms with Crippen LogP contribution >= 0.6 is 0 Å². The number of amides is 1. The molecule has 1 atom stereocenters. The Kier molecular flexibility index (Phi) is 10.2. The number of rotatable bonds is 13. The standard InChI is InChI=1S/C33H36N4O5/c1-4-6-7-12-23-35(31(38)22-19-25-17-20-26(21-18-25)37(40)41)24(3)32-34-28-14-9-8-13-27(28)33(39)36(32)29-15-10-11-16-30(29)42-5-2/h8-11,13-22,24H,4-7,12,23H2,1-3H3/b22-19+. The summed E-state index contributed by atoms with van der Waals surface area (Å²) in [6, 6.07) is 20.0. The van der Waals surface area contributed by atoms with Crippen LogP contribution in [0.25, 0.3) is 22.7 Å². The Morgan fingerprint density at radius 2 is 1.74 bits per heavy atom. The minimum absolute atomic E-state index is 0.0164. The Balaban J connectivity index is 1.79. The number of fused-ring (bicyclic) bond motifs is 1. The van der Waals surface area contributed by atoms with E-state index in [1.165, 1.54) is 18.2 Å². The van der Waals surface area contributed by atoms with Gasteiger partial charge in [-0.05, 0) is 68.3 Å². The number of unbranched alkanes of at least 4 members (excludes halogenated alkanes) is 3. The molecule has 4 aromatic rings. The van der Waals surface area contributed by atoms with Gasteiger partial charge < -0.3 is 9.64 Å². The highest BCUT2D eigenvalue weighted by molar-refractivity contribution is 5.92. The first kappa shape index (κ1) is 30.2. The topological polar surface area (TPSA) is 108 Å². The van der Waals surface area contributed by atoms with Crippen LogP contribution in [0.2, 0.25) is 0 Å². The molecule has 0 fully saturated rings. The summed E-state index contributed by atoms with van der Waals surface area (Å²) < 4.78 is 7.44. The molecule has 1 unspecified atom stereocenters. The monoisotopic (exact) mass is 568 g/mol. The Morgan fingerprint density at radius 3 is 2.45 bits per heavy atom. The van der Waals surface area contributed by atoms with Crippen LogP contribution in [0.5, 0.6) is 5.75 Å². The largest absolute Gasteiger partial charge is 0.492 e. The first-order chi connectivity index (χ1) is 20.3. The third kappa shape index (κ3) is 6.91. The van der Waals surface area contributed by atoms with E-state index in [0.29, 0.717) is 46.9 Å². The van der Waals surface area contributed by atoms with Gasteiger partial charge >= 0.3 is 0 Å². The lowest BCUT2D eigenvalue weighted by atomic mass is 10.1. The average Bonchev–Trinajstić information content (AvgIpc) is 3.00. The van der Waals surface area contributed by atoms with E-state index in [1.54, 1.807) is 45.9 Å². The van der Waals surface area contributed by atoms with Crippen molar-refractivity contribution in [3.63, 3.8) is 0 Å². The summed E-state index contributed by atoms with van der Waals surface area (Å²) in [6.45, 7) is 6.79. The number of carbonyl (C=O) groups is 1. The maximum Gasteiger partial charge on any atom is 0.269 e. The molecule has 0 aliphatic rings. The Morgan fingerprint density at radius 1 is 1.02 bits per heavy atom. The predicted molar refractivity (Wildman–Crippen MR) is 165 cm³/mol. The van der Waals surface area contributed by atoms with Crippen LogP contribution in [-0.2, 0) is 4.79 Å². The van der Waals surface area contributed by atoms with Gasteiger partial charge in [-0.1, -0.05) is 50.5 Å². The molecule has 0 aliphatic carbocycles. The van der Waals surface area contributed by atoms with Crippen molar-refractivity contribution >= 4 is 28.6 Å². The maximum atomic E-state index is 14.0. The Labute approximate surface area is 245 Å². The molecule has 0 saturated carbocycles. The van der Waals surface area contributed by atoms with Gasteiger partial charge in [0.2, 0.25) is 5.91 Å². The van der Waals surface area contributed by atoms with Gasteiger partial charge in [-0.2, -0.15) is 0 Å². The number of nitro benzene ring substituents is 1. The van der Waals surface area contributed by atoms with Crippen LogP contribution in [0.4, 0.5) is 5.69 Å². The number of para-hydroxylation sites is 3. The Hall–Kier alpha value is -4.79. The smallest absolute Gasteiger partial charge is 0.269 e. The van der Waals surface area contributed by atoms with Crippen molar-refractivity contribution in [1.82, 2.24) is 14.5 Å². The third-order valence-electron chi connectivity index (χ3n) is 7.11. The lowest BCUT2D eigenvalue weighted by Crippen LogP contribution is -2.37. The number of hydrogen-bond donors (Lipinski definition) is 0. The van der Waals surface area contributed by atoms with E-state index < -0.39 is 11.0 Å². The zero-order valence-electron chi connectivity index (χ0n) is 24.2. The molecule has 3 aromatic carbocycles. The molecule has 1 aromatic heterocycles. The fourth-order valence-corrected chi connectivity index (χ4v) is 4.90. The number of hydrogen-bond acceptors (Lipinski definition) is 6. The normalized spacial score (nSPS) is 12.0. The number of benzene rings is 3. The summed E-state index contributed by atoms with van der Waals surface area (Å²) in [5, 5.41) is 11.5. The second-order valence-electron chi connectivity index (χ2n) is 9.98. The molecule has 0 spiro atoms. The zero-order valence-corrected chi connectivity index (χ0v) is 24.2. The molecule has 0 radical (unpaired) electrons. The van der Waals surface area contributed by atoms with Crippen LogP contribution in [0.3, 0.4) is 0 Å². The fraction of sp³-hybridized carbons (Fsp3) is 0.303. The average molecular weight is 569 g/mol. The molecule has 1 heterocycles. The second-order valence-corrected chi connectivity index (χ2v) is 9.98. The van der Waals surface area contributed by atoms with Crippen LogP contribution in [0, 0.1) is 10.1 Å². The summed E-state index contributed by atoms with van der Waals surface area (Å²) >= 11 is 0. The number of non-ortho nitro benzene ring substituents is 1. The van der Waals surface area contributed by atoms with E-state index >= 15 is 0 Å². The second kappa shape index (κ2) is 14.2. The molecule has 9 heteroatoms. The van der Waals surface area contributed by atoms with Crippen LogP contribution < -0.4 is 10.3 Å². The summed E-state index contributed by atoms with van der Waals surface area (Å²) in [5.74, 6) is 0.731. The van der Waals surface area contributed by atoms with Gasteiger partial charge in [0.25, 0.3) is 11.2 Å². The lowest BCUT2D eigenvalue weighted by molar-refractivity contribution is -0.384. The van der Waals surface area contributed by atoms with Crippen molar-refractivity contribution in [3.8, 4) is 11.4 Å². The first-order valence-corrected chi connectivity index (χ1v) is 14.3. The molecule has 42 heavy (non-hydrogen) atoms. The maximum absolute atomic E-state index is 14.0. The quantitative estimate of drug-likeness (QED) is 0.0753. The molecular weight excluding hydrogens is 532 g/mol. The number of aromatic nitrogens is 2. The lowest BCUT2D eigenvalue weighted by Gasteiger charge is -2.30. The van der Waals surface area contributed by atoms with Crippen LogP contribution in [0.1, 0.15) is 63.9 Å². The van der Waals surface area contributed by atoms with Crippen molar-refractivity contribution in [2.75, 3.05) is 13.2 Å². The van der Waals surface area contributed by atoms with E-state index in [4.69, 9.17) is 9.72 Å². The highest BCUT2D eigenvalue weighted by atomic mass is 16.6. The van der Waals surface area contributed by atoms with E-state index in [0.717, 1.165) is 25.7 Å². The van der Waals surface area contributed by atoms with Gasteiger partial charge in [-0.3, -0.25) is 24.3 Å². The molecule has 9 nitrogen and oxygen atoms in total. The molecule has 0 saturated heterocycles. The van der Waals surface area contributed by atoms with Gasteiger partial charge in [0.05, 0.1) is 34.2 Å². The van der Waals surface area contributed by atoms with E-state index in [-0.39, 0.29) is 17.2 Å². The first-order valence-electron chi connectivity index (χ1n) is 14.3. The number of nitro groups is 1. The van der Waals surface area contributed by atoms with Gasteiger partial charge in [0.15, 0.2) is 0 Å². The van der Waals surface area contributed by atoms with Crippen LogP contribution in [-0.4, -0.2) is 38.4 Å². The number of ether oxygens (including phenoxy) is 1. The van der Waals surface area contributed by atoms with Crippen molar-refractivity contribution in [2.45, 2.75) is 52.5 Å².